The van der Waals surface area contributed by atoms with E-state index < -0.39 is 10.0 Å². The molecule has 2 aliphatic heterocycles. The molecule has 3 unspecified atom stereocenters. The molecule has 0 saturated carbocycles. The van der Waals surface area contributed by atoms with E-state index in [0.29, 0.717) is 41.6 Å². The number of carbonyl (C=O) groups excluding carboxylic acids is 1. The van der Waals surface area contributed by atoms with Gasteiger partial charge in [-0.1, -0.05) is 51.0 Å². The summed E-state index contributed by atoms with van der Waals surface area (Å²) in [6, 6.07) is 13.6. The summed E-state index contributed by atoms with van der Waals surface area (Å²) in [7, 11) is -4.18. The van der Waals surface area contributed by atoms with Crippen LogP contribution in [0.2, 0.25) is 0 Å². The lowest BCUT2D eigenvalue weighted by atomic mass is 9.86. The van der Waals surface area contributed by atoms with E-state index in [1.807, 2.05) is 50.8 Å². The number of hydrogen-bond acceptors (Lipinski definition) is 9. The minimum Gasteiger partial charge on any atom is -0.488 e. The lowest BCUT2D eigenvalue weighted by Gasteiger charge is -2.40. The average molecular weight is 727 g/mol. The van der Waals surface area contributed by atoms with Gasteiger partial charge in [0.1, 0.15) is 5.82 Å². The van der Waals surface area contributed by atoms with Crippen molar-refractivity contribution in [1.82, 2.24) is 24.8 Å². The van der Waals surface area contributed by atoms with Gasteiger partial charge in [0, 0.05) is 42.1 Å². The van der Waals surface area contributed by atoms with Crippen LogP contribution < -0.4 is 14.2 Å². The SMILES string of the molecule is Cc1cccc(C)c1-c1cc2nc(n1)NS(=O)(=O)c1cccc(c1)C(=O)N1C(Cc3ncc(OC(C)C)cn3)CCCC(CCC(C)C)C1CCO2. The van der Waals surface area contributed by atoms with E-state index >= 15 is 0 Å². The van der Waals surface area contributed by atoms with E-state index in [1.165, 1.54) is 12.1 Å². The van der Waals surface area contributed by atoms with E-state index in [-0.39, 0.29) is 53.3 Å². The Morgan fingerprint density at radius 3 is 2.40 bits per heavy atom. The van der Waals surface area contributed by atoms with Gasteiger partial charge in [-0.05, 0) is 88.1 Å². The quantitative estimate of drug-likeness (QED) is 0.195. The van der Waals surface area contributed by atoms with Gasteiger partial charge < -0.3 is 14.4 Å². The number of fused-ring (bicyclic) bond motifs is 5. The van der Waals surface area contributed by atoms with Crippen molar-refractivity contribution in [2.24, 2.45) is 11.8 Å². The molecule has 0 spiro atoms. The Morgan fingerprint density at radius 2 is 1.69 bits per heavy atom. The number of nitrogens with one attached hydrogen (secondary N) is 1. The van der Waals surface area contributed by atoms with Crippen molar-refractivity contribution in [2.45, 2.75) is 110 Å². The molecule has 1 saturated heterocycles. The molecule has 2 aliphatic rings. The first-order chi connectivity index (χ1) is 24.9. The highest BCUT2D eigenvalue weighted by molar-refractivity contribution is 7.92. The van der Waals surface area contributed by atoms with Crippen molar-refractivity contribution in [2.75, 3.05) is 11.3 Å². The second-order valence-corrected chi connectivity index (χ2v) is 16.4. The molecule has 0 radical (unpaired) electrons. The second kappa shape index (κ2) is 16.0. The molecule has 0 aliphatic carbocycles. The maximum atomic E-state index is 14.8. The third kappa shape index (κ3) is 8.71. The summed E-state index contributed by atoms with van der Waals surface area (Å²) in [5, 5.41) is 0. The van der Waals surface area contributed by atoms with Crippen LogP contribution in [0.15, 0.2) is 65.8 Å². The Morgan fingerprint density at radius 1 is 0.962 bits per heavy atom. The Bertz CT molecular complexity index is 1960. The van der Waals surface area contributed by atoms with Crippen molar-refractivity contribution in [3.63, 3.8) is 0 Å². The molecule has 6 rings (SSSR count). The topological polar surface area (TPSA) is 136 Å². The van der Waals surface area contributed by atoms with Gasteiger partial charge in [-0.25, -0.2) is 28.1 Å². The number of nitrogens with zero attached hydrogens (tertiary/aromatic N) is 5. The van der Waals surface area contributed by atoms with Crippen molar-refractivity contribution in [3.05, 3.63) is 83.4 Å². The lowest BCUT2D eigenvalue weighted by Crippen LogP contribution is -2.50. The number of sulfonamides is 1. The molecular formula is C40H50N6O5S. The molecule has 1 amide bonds. The van der Waals surface area contributed by atoms with Gasteiger partial charge in [0.15, 0.2) is 5.75 Å². The highest BCUT2D eigenvalue weighted by Crippen LogP contribution is 2.36. The fourth-order valence-corrected chi connectivity index (χ4v) is 8.50. The van der Waals surface area contributed by atoms with Crippen LogP contribution in [0.25, 0.3) is 11.3 Å². The van der Waals surface area contributed by atoms with Gasteiger partial charge in [0.05, 0.1) is 35.7 Å². The third-order valence-electron chi connectivity index (χ3n) is 9.95. The lowest BCUT2D eigenvalue weighted by molar-refractivity contribution is 0.0444. The number of benzene rings is 2. The zero-order chi connectivity index (χ0) is 37.0. The maximum absolute atomic E-state index is 14.8. The molecule has 4 aromatic rings. The highest BCUT2D eigenvalue weighted by atomic mass is 32.2. The number of rotatable bonds is 8. The van der Waals surface area contributed by atoms with Crippen LogP contribution in [0, 0.1) is 25.7 Å². The molecule has 1 N–H and O–H groups in total. The van der Waals surface area contributed by atoms with E-state index in [0.717, 1.165) is 48.8 Å². The van der Waals surface area contributed by atoms with Crippen LogP contribution in [-0.2, 0) is 16.4 Å². The summed E-state index contributed by atoms with van der Waals surface area (Å²) < 4.78 is 42.5. The Balaban J connectivity index is 1.44. The zero-order valence-electron chi connectivity index (χ0n) is 31.0. The highest BCUT2D eigenvalue weighted by Gasteiger charge is 2.39. The van der Waals surface area contributed by atoms with Gasteiger partial charge in [0.25, 0.3) is 15.9 Å². The van der Waals surface area contributed by atoms with E-state index in [9.17, 15) is 13.2 Å². The fraction of sp³-hybridized carbons (Fsp3) is 0.475. The van der Waals surface area contributed by atoms with Crippen molar-refractivity contribution < 1.29 is 22.7 Å². The first-order valence-corrected chi connectivity index (χ1v) is 19.9. The Hall–Kier alpha value is -4.58. The molecular weight excluding hydrogens is 677 g/mol. The molecule has 12 heteroatoms. The summed E-state index contributed by atoms with van der Waals surface area (Å²) in [6.45, 7) is 12.6. The number of carbonyl (C=O) groups is 1. The van der Waals surface area contributed by atoms with Crippen LogP contribution in [0.5, 0.6) is 11.6 Å². The zero-order valence-corrected chi connectivity index (χ0v) is 31.8. The Labute approximate surface area is 307 Å². The van der Waals surface area contributed by atoms with E-state index in [4.69, 9.17) is 9.47 Å². The number of ether oxygens (including phenoxy) is 2. The first-order valence-electron chi connectivity index (χ1n) is 18.4. The number of aryl methyl sites for hydroxylation is 2. The molecule has 4 heterocycles. The number of amides is 1. The Kier molecular flexibility index (Phi) is 11.4. The monoisotopic (exact) mass is 726 g/mol. The predicted octanol–water partition coefficient (Wildman–Crippen LogP) is 7.58. The third-order valence-corrected chi connectivity index (χ3v) is 11.3. The summed E-state index contributed by atoms with van der Waals surface area (Å²) in [6.07, 6.45) is 9.05. The summed E-state index contributed by atoms with van der Waals surface area (Å²) in [5.74, 6) is 1.89. The first kappa shape index (κ1) is 37.2. The minimum absolute atomic E-state index is 0.00242. The minimum atomic E-state index is -4.18. The summed E-state index contributed by atoms with van der Waals surface area (Å²) in [4.78, 5) is 35.2. The normalized spacial score (nSPS) is 20.3. The van der Waals surface area contributed by atoms with Crippen molar-refractivity contribution >= 4 is 21.9 Å². The van der Waals surface area contributed by atoms with Crippen LogP contribution in [0.4, 0.5) is 5.95 Å². The molecule has 2 aromatic carbocycles. The molecule has 276 valence electrons. The van der Waals surface area contributed by atoms with Crippen molar-refractivity contribution in [3.8, 4) is 22.9 Å². The molecule has 52 heavy (non-hydrogen) atoms. The van der Waals surface area contributed by atoms with Gasteiger partial charge in [0.2, 0.25) is 11.8 Å². The largest absolute Gasteiger partial charge is 0.488 e. The second-order valence-electron chi connectivity index (χ2n) is 14.8. The smallest absolute Gasteiger partial charge is 0.264 e. The summed E-state index contributed by atoms with van der Waals surface area (Å²) >= 11 is 0. The number of anilines is 1. The van der Waals surface area contributed by atoms with Gasteiger partial charge in [-0.15, -0.1) is 0 Å². The molecule has 1 fully saturated rings. The predicted molar refractivity (Wildman–Crippen MR) is 201 cm³/mol. The van der Waals surface area contributed by atoms with Crippen LogP contribution >= 0.6 is 0 Å². The van der Waals surface area contributed by atoms with Crippen LogP contribution in [0.3, 0.4) is 0 Å². The molecule has 2 aromatic heterocycles. The maximum Gasteiger partial charge on any atom is 0.264 e. The molecule has 3 atom stereocenters. The molecule has 11 nitrogen and oxygen atoms in total. The van der Waals surface area contributed by atoms with Gasteiger partial charge >= 0.3 is 0 Å². The standard InChI is InChI=1S/C40H50N6O5S/c1-25(2)16-17-29-12-8-14-31(21-36-41-23-32(24-42-36)51-26(3)4)46-35(29)18-19-50-37-22-34(38-27(5)10-7-11-28(38)6)43-40(44-37)45-52(48,49)33-15-9-13-30(20-33)39(46)47/h7,9-11,13,15,20,22-26,29,31,35H,8,12,14,16-19,21H2,1-6H3,(H,43,44,45). The fourth-order valence-electron chi connectivity index (χ4n) is 7.51. The van der Waals surface area contributed by atoms with E-state index in [2.05, 4.69) is 38.5 Å². The van der Waals surface area contributed by atoms with Crippen LogP contribution in [-0.4, -0.2) is 64.0 Å². The van der Waals surface area contributed by atoms with Gasteiger partial charge in [-0.3, -0.25) is 4.79 Å². The van der Waals surface area contributed by atoms with Gasteiger partial charge in [-0.2, -0.15) is 4.98 Å². The van der Waals surface area contributed by atoms with Crippen LogP contribution in [0.1, 0.15) is 93.5 Å². The number of aromatic nitrogens is 4. The summed E-state index contributed by atoms with van der Waals surface area (Å²) in [5.41, 5.74) is 3.75. The van der Waals surface area contributed by atoms with Crippen molar-refractivity contribution in [1.29, 1.82) is 0 Å². The number of hydrogen-bond donors (Lipinski definition) is 1. The van der Waals surface area contributed by atoms with E-state index in [1.54, 1.807) is 30.6 Å². The average Bonchev–Trinajstić information content (AvgIpc) is 3.25. The molecule has 4 bridgehead atoms.